The Morgan fingerprint density at radius 3 is 2.00 bits per heavy atom. The second kappa shape index (κ2) is 9.61. The van der Waals surface area contributed by atoms with Crippen molar-refractivity contribution >= 4 is 17.9 Å². The van der Waals surface area contributed by atoms with Gasteiger partial charge in [0, 0.05) is 6.42 Å². The highest BCUT2D eigenvalue weighted by Crippen LogP contribution is 2.12. The lowest BCUT2D eigenvalue weighted by molar-refractivity contribution is -0.137. The summed E-state index contributed by atoms with van der Waals surface area (Å²) in [6.07, 6.45) is -1.69. The number of aliphatic hydroxyl groups excluding tert-OH is 1. The van der Waals surface area contributed by atoms with Crippen LogP contribution in [0.1, 0.15) is 61.3 Å². The first-order valence-electron chi connectivity index (χ1n) is 8.33. The third kappa shape index (κ3) is 10.2. The summed E-state index contributed by atoms with van der Waals surface area (Å²) >= 11 is 0. The van der Waals surface area contributed by atoms with Crippen LogP contribution in [-0.4, -0.2) is 40.8 Å². The lowest BCUT2D eigenvalue weighted by atomic mass is 9.98. The summed E-state index contributed by atoms with van der Waals surface area (Å²) in [5.74, 6) is -1.04. The molecule has 0 aromatic heterocycles. The van der Waals surface area contributed by atoms with E-state index >= 15 is 0 Å². The summed E-state index contributed by atoms with van der Waals surface area (Å²) in [4.78, 5) is 35.6. The Labute approximate surface area is 144 Å². The zero-order valence-corrected chi connectivity index (χ0v) is 15.8. The number of aliphatic hydroxyl groups is 1. The van der Waals surface area contributed by atoms with Crippen LogP contribution in [0.5, 0.6) is 0 Å². The number of hydrogen-bond donors (Lipinski definition) is 3. The predicted octanol–water partition coefficient (Wildman–Crippen LogP) is 1.98. The van der Waals surface area contributed by atoms with Crippen LogP contribution in [0.25, 0.3) is 0 Å². The van der Waals surface area contributed by atoms with Crippen LogP contribution in [0.4, 0.5) is 4.79 Å². The first kappa shape index (κ1) is 22.4. The van der Waals surface area contributed by atoms with E-state index in [9.17, 15) is 19.5 Å². The van der Waals surface area contributed by atoms with Gasteiger partial charge in [-0.05, 0) is 39.0 Å². The average molecular weight is 344 g/mol. The van der Waals surface area contributed by atoms with Gasteiger partial charge in [-0.15, -0.1) is 0 Å². The lowest BCUT2D eigenvalue weighted by Gasteiger charge is -2.27. The van der Waals surface area contributed by atoms with Crippen LogP contribution in [0, 0.1) is 11.8 Å². The van der Waals surface area contributed by atoms with Crippen molar-refractivity contribution in [2.45, 2.75) is 79.1 Å². The molecule has 0 spiro atoms. The van der Waals surface area contributed by atoms with E-state index in [1.54, 1.807) is 20.8 Å². The molecule has 0 aliphatic heterocycles. The highest BCUT2D eigenvalue weighted by molar-refractivity contribution is 5.97. The van der Waals surface area contributed by atoms with Crippen molar-refractivity contribution < 1.29 is 24.2 Å². The third-order valence-corrected chi connectivity index (χ3v) is 2.93. The molecular weight excluding hydrogens is 312 g/mol. The molecule has 0 saturated heterocycles. The van der Waals surface area contributed by atoms with Gasteiger partial charge in [0.05, 0.1) is 6.04 Å². The first-order valence-corrected chi connectivity index (χ1v) is 8.33. The van der Waals surface area contributed by atoms with Crippen LogP contribution in [0.15, 0.2) is 0 Å². The van der Waals surface area contributed by atoms with E-state index < -0.39 is 35.7 Å². The second-order valence-corrected chi connectivity index (χ2v) is 7.84. The normalized spacial score (nSPS) is 14.2. The standard InChI is InChI=1S/C17H32N2O5/c1-10(2)8-12(18-16(23)24-17(5,6)7)14(21)15(22)19-13(20)9-11(3)4/h10-12,14,21H,8-9H2,1-7H3,(H,18,23)(H,19,20,22)/t12-,14?/m0/s1. The van der Waals surface area contributed by atoms with Crippen molar-refractivity contribution in [1.82, 2.24) is 10.6 Å². The number of hydrogen-bond acceptors (Lipinski definition) is 5. The summed E-state index contributed by atoms with van der Waals surface area (Å²) in [6, 6.07) is -0.841. The topological polar surface area (TPSA) is 105 Å². The quantitative estimate of drug-likeness (QED) is 0.655. The molecule has 0 rings (SSSR count). The number of nitrogens with one attached hydrogen (secondary N) is 2. The maximum Gasteiger partial charge on any atom is 0.407 e. The first-order chi connectivity index (χ1) is 10.8. The smallest absolute Gasteiger partial charge is 0.407 e. The number of carbonyl (C=O) groups excluding carboxylic acids is 3. The molecule has 0 bridgehead atoms. The van der Waals surface area contributed by atoms with Crippen molar-refractivity contribution in [3.8, 4) is 0 Å². The zero-order chi connectivity index (χ0) is 19.1. The Kier molecular flexibility index (Phi) is 8.96. The van der Waals surface area contributed by atoms with Crippen molar-refractivity contribution in [2.75, 3.05) is 0 Å². The highest BCUT2D eigenvalue weighted by atomic mass is 16.6. The number of rotatable bonds is 7. The van der Waals surface area contributed by atoms with Gasteiger partial charge in [-0.25, -0.2) is 4.79 Å². The molecule has 0 radical (unpaired) electrons. The molecule has 0 heterocycles. The van der Waals surface area contributed by atoms with Crippen molar-refractivity contribution in [1.29, 1.82) is 0 Å². The Morgan fingerprint density at radius 1 is 1.04 bits per heavy atom. The molecule has 0 aliphatic carbocycles. The van der Waals surface area contributed by atoms with Gasteiger partial charge in [-0.1, -0.05) is 27.7 Å². The van der Waals surface area contributed by atoms with Gasteiger partial charge in [0.15, 0.2) is 6.10 Å². The molecule has 2 atom stereocenters. The van der Waals surface area contributed by atoms with Crippen LogP contribution in [-0.2, 0) is 14.3 Å². The minimum atomic E-state index is -1.53. The Balaban J connectivity index is 4.86. The number of carbonyl (C=O) groups is 3. The number of amides is 3. The maximum atomic E-state index is 12.1. The number of alkyl carbamates (subject to hydrolysis) is 1. The van der Waals surface area contributed by atoms with Crippen molar-refractivity contribution in [3.63, 3.8) is 0 Å². The molecule has 140 valence electrons. The van der Waals surface area contributed by atoms with Crippen LogP contribution < -0.4 is 10.6 Å². The minimum Gasteiger partial charge on any atom is -0.444 e. The summed E-state index contributed by atoms with van der Waals surface area (Å²) in [5.41, 5.74) is -0.688. The molecule has 3 amide bonds. The van der Waals surface area contributed by atoms with Crippen LogP contribution >= 0.6 is 0 Å². The molecule has 0 aromatic rings. The van der Waals surface area contributed by atoms with Crippen molar-refractivity contribution in [2.24, 2.45) is 11.8 Å². The van der Waals surface area contributed by atoms with Gasteiger partial charge >= 0.3 is 6.09 Å². The summed E-state index contributed by atoms with van der Waals surface area (Å²) in [7, 11) is 0. The monoisotopic (exact) mass is 344 g/mol. The van der Waals surface area contributed by atoms with E-state index in [1.165, 1.54) is 0 Å². The van der Waals surface area contributed by atoms with E-state index in [1.807, 2.05) is 27.7 Å². The van der Waals surface area contributed by atoms with Gasteiger partial charge in [0.2, 0.25) is 5.91 Å². The average Bonchev–Trinajstić information content (AvgIpc) is 2.32. The lowest BCUT2D eigenvalue weighted by Crippen LogP contribution is -2.53. The molecular formula is C17H32N2O5. The van der Waals surface area contributed by atoms with Gasteiger partial charge in [-0.3, -0.25) is 14.9 Å². The molecule has 0 fully saturated rings. The van der Waals surface area contributed by atoms with E-state index in [4.69, 9.17) is 4.74 Å². The molecule has 0 aliphatic rings. The molecule has 24 heavy (non-hydrogen) atoms. The number of ether oxygens (including phenoxy) is 1. The summed E-state index contributed by atoms with van der Waals surface area (Å²) in [6.45, 7) is 12.7. The Hall–Kier alpha value is -1.63. The van der Waals surface area contributed by atoms with E-state index in [0.29, 0.717) is 6.42 Å². The summed E-state index contributed by atoms with van der Waals surface area (Å²) in [5, 5.41) is 14.9. The fourth-order valence-electron chi connectivity index (χ4n) is 2.05. The SMILES string of the molecule is CC(C)CC(=O)NC(=O)C(O)[C@H](CC(C)C)NC(=O)OC(C)(C)C. The van der Waals surface area contributed by atoms with E-state index in [2.05, 4.69) is 10.6 Å². The van der Waals surface area contributed by atoms with Crippen LogP contribution in [0.3, 0.4) is 0 Å². The Bertz CT molecular complexity index is 441. The van der Waals surface area contributed by atoms with E-state index in [-0.39, 0.29) is 18.3 Å². The predicted molar refractivity (Wildman–Crippen MR) is 91.2 cm³/mol. The maximum absolute atomic E-state index is 12.1. The molecule has 7 heteroatoms. The van der Waals surface area contributed by atoms with Crippen molar-refractivity contribution in [3.05, 3.63) is 0 Å². The summed E-state index contributed by atoms with van der Waals surface area (Å²) < 4.78 is 5.15. The largest absolute Gasteiger partial charge is 0.444 e. The van der Waals surface area contributed by atoms with Crippen LogP contribution in [0.2, 0.25) is 0 Å². The van der Waals surface area contributed by atoms with Gasteiger partial charge in [0.1, 0.15) is 5.60 Å². The van der Waals surface area contributed by atoms with Gasteiger partial charge < -0.3 is 15.2 Å². The fraction of sp³-hybridized carbons (Fsp3) is 0.824. The number of imide groups is 1. The fourth-order valence-corrected chi connectivity index (χ4v) is 2.05. The third-order valence-electron chi connectivity index (χ3n) is 2.93. The highest BCUT2D eigenvalue weighted by Gasteiger charge is 2.30. The van der Waals surface area contributed by atoms with Gasteiger partial charge in [-0.2, -0.15) is 0 Å². The zero-order valence-electron chi connectivity index (χ0n) is 15.8. The second-order valence-electron chi connectivity index (χ2n) is 7.84. The van der Waals surface area contributed by atoms with E-state index in [0.717, 1.165) is 0 Å². The van der Waals surface area contributed by atoms with Gasteiger partial charge in [0.25, 0.3) is 5.91 Å². The molecule has 7 nitrogen and oxygen atoms in total. The molecule has 0 saturated carbocycles. The minimum absolute atomic E-state index is 0.0984. The molecule has 1 unspecified atom stereocenters. The molecule has 3 N–H and O–H groups in total. The molecule has 0 aromatic carbocycles. The Morgan fingerprint density at radius 2 is 1.58 bits per heavy atom.